The summed E-state index contributed by atoms with van der Waals surface area (Å²) >= 11 is 0. The second-order valence-corrected chi connectivity index (χ2v) is 7.09. The number of pyridine rings is 1. The van der Waals surface area contributed by atoms with Crippen molar-refractivity contribution < 1.29 is 9.90 Å². The fraction of sp³-hybridized carbons (Fsp3) is 0.333. The van der Waals surface area contributed by atoms with Gasteiger partial charge in [-0.15, -0.1) is 0 Å². The van der Waals surface area contributed by atoms with Crippen LogP contribution < -0.4 is 5.56 Å². The van der Waals surface area contributed by atoms with Gasteiger partial charge < -0.3 is 14.6 Å². The average molecular weight is 350 g/mol. The number of likely N-dealkylation sites (tertiary alicyclic amines) is 1. The monoisotopic (exact) mass is 350 g/mol. The Morgan fingerprint density at radius 2 is 1.92 bits per heavy atom. The molecule has 1 aromatic carbocycles. The Bertz CT molecular complexity index is 888. The molecule has 134 valence electrons. The van der Waals surface area contributed by atoms with Crippen LogP contribution in [-0.2, 0) is 4.79 Å². The van der Waals surface area contributed by atoms with E-state index in [0.29, 0.717) is 13.1 Å². The topological polar surface area (TPSA) is 62.5 Å². The number of amides is 1. The van der Waals surface area contributed by atoms with Gasteiger partial charge in [0.1, 0.15) is 0 Å². The van der Waals surface area contributed by atoms with Crippen molar-refractivity contribution in [2.24, 2.45) is 5.92 Å². The number of hydrogen-bond donors (Lipinski definition) is 1. The van der Waals surface area contributed by atoms with Crippen LogP contribution in [0.15, 0.2) is 59.4 Å². The number of carbonyl (C=O) groups is 1. The smallest absolute Gasteiger partial charge is 0.251 e. The summed E-state index contributed by atoms with van der Waals surface area (Å²) in [5.41, 5.74) is 1.85. The number of piperidine rings is 1. The third kappa shape index (κ3) is 2.99. The minimum absolute atomic E-state index is 0.0213. The van der Waals surface area contributed by atoms with Gasteiger partial charge in [0.05, 0.1) is 12.6 Å². The molecule has 0 radical (unpaired) electrons. The first kappa shape index (κ1) is 16.8. The number of aliphatic hydroxyl groups excluding tert-OH is 1. The van der Waals surface area contributed by atoms with Crippen LogP contribution in [0.5, 0.6) is 0 Å². The van der Waals surface area contributed by atoms with Gasteiger partial charge >= 0.3 is 0 Å². The molecule has 0 saturated carbocycles. The zero-order valence-electron chi connectivity index (χ0n) is 14.5. The van der Waals surface area contributed by atoms with Crippen molar-refractivity contribution in [2.45, 2.75) is 18.4 Å². The normalized spacial score (nSPS) is 24.5. The lowest BCUT2D eigenvalue weighted by atomic mass is 9.78. The number of nitrogens with zero attached hydrogens (tertiary/aromatic N) is 2. The SMILES string of the molecule is O=C(/C=C/c1ccccc1)N1C[C@H]2C[C@@H](C1)[C@H](CO)n1c2cccc1=O. The standard InChI is InChI=1S/C21H22N2O3/c24-14-19-17-11-16(18-7-4-8-21(26)23(18)19)12-22(13-17)20(25)10-9-15-5-2-1-3-6-15/h1-10,16-17,19,24H,11-14H2/b10-9+/t16-,17+,19+/m1/s1. The molecule has 1 amide bonds. The number of fused-ring (bicyclic) bond motifs is 4. The van der Waals surface area contributed by atoms with Gasteiger partial charge in [-0.25, -0.2) is 0 Å². The fourth-order valence-corrected chi connectivity index (χ4v) is 4.29. The van der Waals surface area contributed by atoms with Crippen LogP contribution in [0.3, 0.4) is 0 Å². The Labute approximate surface area is 152 Å². The molecule has 0 unspecified atom stereocenters. The van der Waals surface area contributed by atoms with Crippen molar-refractivity contribution in [3.05, 3.63) is 76.2 Å². The Morgan fingerprint density at radius 1 is 1.12 bits per heavy atom. The molecular weight excluding hydrogens is 328 g/mol. The van der Waals surface area contributed by atoms with E-state index in [1.165, 1.54) is 0 Å². The van der Waals surface area contributed by atoms with Crippen LogP contribution >= 0.6 is 0 Å². The summed E-state index contributed by atoms with van der Waals surface area (Å²) in [5.74, 6) is 0.215. The highest BCUT2D eigenvalue weighted by Gasteiger charge is 2.41. The molecule has 3 heterocycles. The summed E-state index contributed by atoms with van der Waals surface area (Å²) in [6, 6.07) is 14.7. The van der Waals surface area contributed by atoms with Gasteiger partial charge in [-0.3, -0.25) is 9.59 Å². The molecule has 5 nitrogen and oxygen atoms in total. The molecule has 0 spiro atoms. The maximum Gasteiger partial charge on any atom is 0.251 e. The summed E-state index contributed by atoms with van der Waals surface area (Å²) in [6.07, 6.45) is 4.35. The van der Waals surface area contributed by atoms with Crippen LogP contribution in [0.4, 0.5) is 0 Å². The van der Waals surface area contributed by atoms with E-state index in [1.54, 1.807) is 22.8 Å². The second kappa shape index (κ2) is 6.92. The maximum atomic E-state index is 12.7. The quantitative estimate of drug-likeness (QED) is 0.862. The van der Waals surface area contributed by atoms with E-state index in [4.69, 9.17) is 0 Å². The van der Waals surface area contributed by atoms with E-state index in [9.17, 15) is 14.7 Å². The van der Waals surface area contributed by atoms with Crippen LogP contribution in [0.2, 0.25) is 0 Å². The first-order chi connectivity index (χ1) is 12.7. The molecule has 2 aliphatic rings. The van der Waals surface area contributed by atoms with Gasteiger partial charge in [0.15, 0.2) is 0 Å². The van der Waals surface area contributed by atoms with E-state index in [0.717, 1.165) is 17.7 Å². The minimum Gasteiger partial charge on any atom is -0.394 e. The van der Waals surface area contributed by atoms with Crippen LogP contribution in [0.1, 0.15) is 29.6 Å². The molecular formula is C21H22N2O3. The summed E-state index contributed by atoms with van der Waals surface area (Å²) in [5, 5.41) is 9.87. The summed E-state index contributed by atoms with van der Waals surface area (Å²) in [4.78, 5) is 26.8. The highest BCUT2D eigenvalue weighted by molar-refractivity contribution is 5.91. The highest BCUT2D eigenvalue weighted by atomic mass is 16.3. The minimum atomic E-state index is -0.261. The molecule has 2 aromatic rings. The zero-order valence-corrected chi connectivity index (χ0v) is 14.5. The summed E-state index contributed by atoms with van der Waals surface area (Å²) < 4.78 is 1.74. The van der Waals surface area contributed by atoms with Crippen molar-refractivity contribution >= 4 is 12.0 Å². The number of aliphatic hydroxyl groups is 1. The van der Waals surface area contributed by atoms with Gasteiger partial charge in [-0.2, -0.15) is 0 Å². The largest absolute Gasteiger partial charge is 0.394 e. The van der Waals surface area contributed by atoms with Crippen molar-refractivity contribution in [3.8, 4) is 0 Å². The third-order valence-corrected chi connectivity index (χ3v) is 5.52. The van der Waals surface area contributed by atoms with Crippen molar-refractivity contribution in [2.75, 3.05) is 19.7 Å². The number of aromatic nitrogens is 1. The van der Waals surface area contributed by atoms with Gasteiger partial charge in [0.25, 0.3) is 5.56 Å². The molecule has 26 heavy (non-hydrogen) atoms. The Hall–Kier alpha value is -2.66. The van der Waals surface area contributed by atoms with Crippen molar-refractivity contribution in [1.82, 2.24) is 9.47 Å². The molecule has 1 saturated heterocycles. The van der Waals surface area contributed by atoms with E-state index >= 15 is 0 Å². The van der Waals surface area contributed by atoms with Crippen LogP contribution in [0, 0.1) is 5.92 Å². The molecule has 5 heteroatoms. The Morgan fingerprint density at radius 3 is 2.69 bits per heavy atom. The molecule has 2 aliphatic heterocycles. The molecule has 1 N–H and O–H groups in total. The molecule has 0 aliphatic carbocycles. The lowest BCUT2D eigenvalue weighted by Gasteiger charge is -2.46. The maximum absolute atomic E-state index is 12.7. The van der Waals surface area contributed by atoms with Gasteiger partial charge in [0, 0.05) is 42.8 Å². The van der Waals surface area contributed by atoms with E-state index in [1.807, 2.05) is 47.4 Å². The predicted octanol–water partition coefficient (Wildman–Crippen LogP) is 2.04. The number of hydrogen-bond acceptors (Lipinski definition) is 3. The Balaban J connectivity index is 1.59. The third-order valence-electron chi connectivity index (χ3n) is 5.52. The summed E-state index contributed by atoms with van der Waals surface area (Å²) in [7, 11) is 0. The van der Waals surface area contributed by atoms with Crippen molar-refractivity contribution in [1.29, 1.82) is 0 Å². The second-order valence-electron chi connectivity index (χ2n) is 7.09. The van der Waals surface area contributed by atoms with E-state index in [2.05, 4.69) is 0 Å². The van der Waals surface area contributed by atoms with Gasteiger partial charge in [-0.05, 0) is 24.1 Å². The van der Waals surface area contributed by atoms with Crippen LogP contribution in [-0.4, -0.2) is 40.2 Å². The van der Waals surface area contributed by atoms with Crippen LogP contribution in [0.25, 0.3) is 6.08 Å². The number of carbonyl (C=O) groups excluding carboxylic acids is 1. The molecule has 2 bridgehead atoms. The Kier molecular flexibility index (Phi) is 4.47. The zero-order chi connectivity index (χ0) is 18.1. The van der Waals surface area contributed by atoms with E-state index in [-0.39, 0.29) is 36.0 Å². The number of benzene rings is 1. The van der Waals surface area contributed by atoms with Gasteiger partial charge in [0.2, 0.25) is 5.91 Å². The summed E-state index contributed by atoms with van der Waals surface area (Å²) in [6.45, 7) is 1.09. The molecule has 3 atom stereocenters. The first-order valence-electron chi connectivity index (χ1n) is 9.01. The fourth-order valence-electron chi connectivity index (χ4n) is 4.29. The molecule has 1 aromatic heterocycles. The lowest BCUT2D eigenvalue weighted by molar-refractivity contribution is -0.129. The van der Waals surface area contributed by atoms with Crippen molar-refractivity contribution in [3.63, 3.8) is 0 Å². The molecule has 4 rings (SSSR count). The predicted molar refractivity (Wildman–Crippen MR) is 99.7 cm³/mol. The van der Waals surface area contributed by atoms with Gasteiger partial charge in [-0.1, -0.05) is 36.4 Å². The molecule has 1 fully saturated rings. The average Bonchev–Trinajstić information content (AvgIpc) is 2.68. The van der Waals surface area contributed by atoms with E-state index < -0.39 is 0 Å². The first-order valence-corrected chi connectivity index (χ1v) is 9.01. The lowest BCUT2D eigenvalue weighted by Crippen LogP contribution is -2.51. The number of rotatable bonds is 3. The highest BCUT2D eigenvalue weighted by Crippen LogP contribution is 2.40.